The van der Waals surface area contributed by atoms with E-state index >= 15 is 0 Å². The zero-order valence-corrected chi connectivity index (χ0v) is 58.2. The van der Waals surface area contributed by atoms with Crippen molar-refractivity contribution in [3.05, 3.63) is 413 Å². The lowest BCUT2D eigenvalue weighted by Gasteiger charge is -2.45. The fourth-order valence-electron chi connectivity index (χ4n) is 16.6. The Balaban J connectivity index is 0.929. The van der Waals surface area contributed by atoms with Crippen LogP contribution in [0.25, 0.3) is 139 Å². The van der Waals surface area contributed by atoms with Crippen molar-refractivity contribution in [3.63, 3.8) is 0 Å². The van der Waals surface area contributed by atoms with Crippen LogP contribution in [0.1, 0.15) is 0 Å². The summed E-state index contributed by atoms with van der Waals surface area (Å²) in [5.41, 5.74) is 36.5. The van der Waals surface area contributed by atoms with E-state index < -0.39 is 0 Å². The summed E-state index contributed by atoms with van der Waals surface area (Å²) in [5, 5.41) is 2.36. The van der Waals surface area contributed by atoms with E-state index in [4.69, 9.17) is 0 Å². The number of rotatable bonds is 13. The lowest BCUT2D eigenvalue weighted by molar-refractivity contribution is 1.16. The average molecular weight is 1350 g/mol. The van der Waals surface area contributed by atoms with Gasteiger partial charge in [0.1, 0.15) is 0 Å². The Hall–Kier alpha value is -13.8. The number of nitrogens with zero attached hydrogens (tertiary/aromatic N) is 3. The standard InChI is InChI=1S/C102H68BN3/c1-9-25-69(26-10-1)77-41-45-79(46-42-77)83-51-55-94-98(65-83)105(89-59-85(73-33-17-5-18-34-73)57-86(60-89)74-35-19-6-20-36-74)100-67-91(104-96-63-81(71-29-13-3-14-30-71)49-53-92(96)93-54-50-82(64-97(93)104)72-31-15-4-16-32-72)68-101-102(100)103(94)95-56-52-84(80-47-43-78(44-48-80)70-27-11-2-12-28-70)66-99(95)106(101)90-61-87(75-37-21-7-22-38-75)58-88(62-90)76-39-23-8-24-40-76/h1-68H. The minimum absolute atomic E-state index is 0.232. The molecule has 0 spiro atoms. The molecular formula is C102H68BN3. The fourth-order valence-corrected chi connectivity index (χ4v) is 16.6. The molecule has 3 heterocycles. The van der Waals surface area contributed by atoms with Crippen molar-refractivity contribution in [2.24, 2.45) is 0 Å². The minimum Gasteiger partial charge on any atom is -0.311 e. The summed E-state index contributed by atoms with van der Waals surface area (Å²) in [7, 11) is 0. The second-order valence-corrected chi connectivity index (χ2v) is 28.0. The predicted molar refractivity (Wildman–Crippen MR) is 449 cm³/mol. The Labute approximate surface area is 618 Å². The maximum absolute atomic E-state index is 2.63. The molecule has 1 aromatic heterocycles. The molecule has 0 aliphatic carbocycles. The third-order valence-corrected chi connectivity index (χ3v) is 21.7. The zero-order chi connectivity index (χ0) is 70.0. The Morgan fingerprint density at radius 2 is 0.396 bits per heavy atom. The van der Waals surface area contributed by atoms with Crippen molar-refractivity contribution in [2.45, 2.75) is 0 Å². The number of hydrogen-bond acceptors (Lipinski definition) is 2. The molecule has 0 N–H and O–H groups in total. The van der Waals surface area contributed by atoms with Crippen LogP contribution in [-0.2, 0) is 0 Å². The maximum atomic E-state index is 2.63. The monoisotopic (exact) mass is 1350 g/mol. The molecule has 4 heteroatoms. The van der Waals surface area contributed by atoms with Crippen molar-refractivity contribution in [1.82, 2.24) is 4.57 Å². The van der Waals surface area contributed by atoms with Crippen LogP contribution in [0, 0.1) is 0 Å². The Morgan fingerprint density at radius 3 is 0.698 bits per heavy atom. The molecule has 20 rings (SSSR count). The molecule has 0 saturated heterocycles. The summed E-state index contributed by atoms with van der Waals surface area (Å²) in [4.78, 5) is 5.27. The Kier molecular flexibility index (Phi) is 15.3. The van der Waals surface area contributed by atoms with Gasteiger partial charge in [-0.05, 0) is 200 Å². The van der Waals surface area contributed by atoms with Gasteiger partial charge in [0.2, 0.25) is 0 Å². The number of aromatic nitrogens is 1. The number of hydrogen-bond donors (Lipinski definition) is 0. The quantitative estimate of drug-likeness (QED) is 0.107. The highest BCUT2D eigenvalue weighted by molar-refractivity contribution is 7.00. The molecule has 2 aliphatic rings. The van der Waals surface area contributed by atoms with Gasteiger partial charge in [0.15, 0.2) is 0 Å². The van der Waals surface area contributed by atoms with Gasteiger partial charge in [0.25, 0.3) is 6.71 Å². The van der Waals surface area contributed by atoms with Crippen molar-refractivity contribution < 1.29 is 0 Å². The first-order valence-electron chi connectivity index (χ1n) is 36.6. The van der Waals surface area contributed by atoms with Gasteiger partial charge in [0.05, 0.1) is 16.7 Å². The maximum Gasteiger partial charge on any atom is 0.252 e. The average Bonchev–Trinajstić information content (AvgIpc) is 0.812. The van der Waals surface area contributed by atoms with Crippen LogP contribution in [0.2, 0.25) is 0 Å². The Bertz CT molecular complexity index is 5830. The third kappa shape index (κ3) is 11.1. The van der Waals surface area contributed by atoms with Crippen LogP contribution in [0.5, 0.6) is 0 Å². The van der Waals surface area contributed by atoms with Crippen LogP contribution in [0.4, 0.5) is 34.1 Å². The van der Waals surface area contributed by atoms with Crippen molar-refractivity contribution in [3.8, 4) is 117 Å². The first-order chi connectivity index (χ1) is 52.5. The number of benzene rings is 17. The first kappa shape index (κ1) is 62.0. The van der Waals surface area contributed by atoms with Crippen molar-refractivity contribution in [1.29, 1.82) is 0 Å². The summed E-state index contributed by atoms with van der Waals surface area (Å²) in [5.74, 6) is 0. The molecule has 0 fully saturated rings. The largest absolute Gasteiger partial charge is 0.311 e. The van der Waals surface area contributed by atoms with E-state index in [0.29, 0.717) is 0 Å². The highest BCUT2D eigenvalue weighted by atomic mass is 15.2. The van der Waals surface area contributed by atoms with Gasteiger partial charge in [-0.1, -0.05) is 340 Å². The summed E-state index contributed by atoms with van der Waals surface area (Å²) in [6, 6.07) is 154. The van der Waals surface area contributed by atoms with E-state index in [2.05, 4.69) is 427 Å². The molecule has 106 heavy (non-hydrogen) atoms. The second-order valence-electron chi connectivity index (χ2n) is 28.0. The van der Waals surface area contributed by atoms with Gasteiger partial charge in [-0.25, -0.2) is 0 Å². The molecule has 0 amide bonds. The summed E-state index contributed by atoms with van der Waals surface area (Å²) in [6.45, 7) is -0.232. The molecular weight excluding hydrogens is 1280 g/mol. The van der Waals surface area contributed by atoms with Gasteiger partial charge in [-0.15, -0.1) is 0 Å². The number of fused-ring (bicyclic) bond motifs is 7. The summed E-state index contributed by atoms with van der Waals surface area (Å²) >= 11 is 0. The molecule has 0 bridgehead atoms. The molecule has 0 radical (unpaired) electrons. The van der Waals surface area contributed by atoms with E-state index in [9.17, 15) is 0 Å². The van der Waals surface area contributed by atoms with Gasteiger partial charge in [0, 0.05) is 44.9 Å². The van der Waals surface area contributed by atoms with Gasteiger partial charge >= 0.3 is 0 Å². The van der Waals surface area contributed by atoms with E-state index in [1.807, 2.05) is 0 Å². The molecule has 18 aromatic rings. The molecule has 2 aliphatic heterocycles. The molecule has 0 saturated carbocycles. The van der Waals surface area contributed by atoms with E-state index in [-0.39, 0.29) is 6.71 Å². The van der Waals surface area contributed by atoms with E-state index in [1.54, 1.807) is 0 Å². The topological polar surface area (TPSA) is 11.4 Å². The van der Waals surface area contributed by atoms with Gasteiger partial charge in [-0.3, -0.25) is 0 Å². The number of anilines is 6. The van der Waals surface area contributed by atoms with Crippen molar-refractivity contribution in [2.75, 3.05) is 9.80 Å². The fraction of sp³-hybridized carbons (Fsp3) is 0. The molecule has 17 aromatic carbocycles. The van der Waals surface area contributed by atoms with Crippen LogP contribution < -0.4 is 26.2 Å². The normalized spacial score (nSPS) is 12.1. The van der Waals surface area contributed by atoms with E-state index in [1.165, 1.54) is 49.4 Å². The minimum atomic E-state index is -0.232. The van der Waals surface area contributed by atoms with Crippen LogP contribution in [0.15, 0.2) is 413 Å². The first-order valence-corrected chi connectivity index (χ1v) is 36.6. The third-order valence-electron chi connectivity index (χ3n) is 21.7. The molecule has 3 nitrogen and oxygen atoms in total. The van der Waals surface area contributed by atoms with Crippen LogP contribution in [0.3, 0.4) is 0 Å². The summed E-state index contributed by atoms with van der Waals surface area (Å²) < 4.78 is 2.58. The lowest BCUT2D eigenvalue weighted by Crippen LogP contribution is -2.61. The summed E-state index contributed by atoms with van der Waals surface area (Å²) in [6.07, 6.45) is 0. The second kappa shape index (κ2) is 26.2. The van der Waals surface area contributed by atoms with Crippen LogP contribution >= 0.6 is 0 Å². The highest BCUT2D eigenvalue weighted by Gasteiger charge is 2.45. The highest BCUT2D eigenvalue weighted by Crippen LogP contribution is 2.51. The van der Waals surface area contributed by atoms with Crippen LogP contribution in [-0.4, -0.2) is 11.3 Å². The molecule has 0 unspecified atom stereocenters. The lowest BCUT2D eigenvalue weighted by atomic mass is 9.33. The molecule has 494 valence electrons. The SMILES string of the molecule is c1ccc(-c2ccc(-c3ccc4c(c3)N(c3cc(-c5ccccc5)cc(-c5ccccc5)c3)c3cc(-n5c6cc(-c7ccccc7)ccc6c6ccc(-c7ccccc7)cc65)cc5c3B4c3ccc(-c4ccc(-c6ccccc6)cc4)cc3N5c3cc(-c4ccccc4)cc(-c4ccccc4)c3)cc2)cc1. The zero-order valence-electron chi connectivity index (χ0n) is 58.2. The van der Waals surface area contributed by atoms with Crippen molar-refractivity contribution >= 4 is 79.0 Å². The van der Waals surface area contributed by atoms with E-state index in [0.717, 1.165) is 140 Å². The smallest absolute Gasteiger partial charge is 0.252 e. The predicted octanol–water partition coefficient (Wildman–Crippen LogP) is 25.5. The molecule has 0 atom stereocenters. The van der Waals surface area contributed by atoms with Gasteiger partial charge in [-0.2, -0.15) is 0 Å². The van der Waals surface area contributed by atoms with Gasteiger partial charge < -0.3 is 14.4 Å². The Morgan fingerprint density at radius 1 is 0.160 bits per heavy atom.